The highest BCUT2D eigenvalue weighted by Gasteiger charge is 2.43. The fourth-order valence-corrected chi connectivity index (χ4v) is 7.67. The molecule has 8 heteroatoms. The molecule has 6 nitrogen and oxygen atoms in total. The van der Waals surface area contributed by atoms with E-state index in [9.17, 15) is 26.7 Å². The number of Topliss-reactive ketones (excluding diaryl/α,β-unsaturated/α-hetero) is 1. The van der Waals surface area contributed by atoms with Crippen molar-refractivity contribution in [3.8, 4) is 0 Å². The summed E-state index contributed by atoms with van der Waals surface area (Å²) in [6.45, 7) is 0. The minimum absolute atomic E-state index is 0.0151. The third kappa shape index (κ3) is 2.62. The lowest BCUT2D eigenvalue weighted by atomic mass is 10.0. The molecule has 0 aromatic heterocycles. The van der Waals surface area contributed by atoms with Gasteiger partial charge in [0.2, 0.25) is 25.5 Å². The Morgan fingerprint density at radius 1 is 0.636 bits per heavy atom. The SMILES string of the molecule is O=C1C(=CC2=C(O)c3cc4ccccc4cc3S2(=O)=O)S(=O)(=O)c2cc3ccccc3cc21. The summed E-state index contributed by atoms with van der Waals surface area (Å²) >= 11 is 0. The van der Waals surface area contributed by atoms with E-state index in [0.717, 1.165) is 11.5 Å². The summed E-state index contributed by atoms with van der Waals surface area (Å²) in [7, 11) is -8.51. The molecule has 2 aliphatic heterocycles. The Morgan fingerprint density at radius 3 is 1.64 bits per heavy atom. The summed E-state index contributed by atoms with van der Waals surface area (Å²) in [5.74, 6) is -1.38. The Hall–Kier alpha value is -3.75. The zero-order valence-corrected chi connectivity index (χ0v) is 18.4. The molecule has 33 heavy (non-hydrogen) atoms. The van der Waals surface area contributed by atoms with E-state index < -0.39 is 41.0 Å². The van der Waals surface area contributed by atoms with Gasteiger partial charge in [-0.15, -0.1) is 0 Å². The molecule has 0 amide bonds. The van der Waals surface area contributed by atoms with Crippen LogP contribution in [0.15, 0.2) is 98.5 Å². The largest absolute Gasteiger partial charge is 0.506 e. The van der Waals surface area contributed by atoms with Gasteiger partial charge in [-0.1, -0.05) is 48.5 Å². The van der Waals surface area contributed by atoms with E-state index in [-0.39, 0.29) is 20.9 Å². The second-order valence-corrected chi connectivity index (χ2v) is 11.7. The fraction of sp³-hybridized carbons (Fsp3) is 0. The molecule has 0 bridgehead atoms. The minimum atomic E-state index is -4.27. The number of carbonyl (C=O) groups excluding carboxylic acids is 1. The van der Waals surface area contributed by atoms with Gasteiger partial charge in [0.05, 0.1) is 9.79 Å². The van der Waals surface area contributed by atoms with E-state index in [0.29, 0.717) is 16.2 Å². The van der Waals surface area contributed by atoms with Crippen LogP contribution in [-0.4, -0.2) is 27.7 Å². The van der Waals surface area contributed by atoms with Gasteiger partial charge in [0, 0.05) is 11.1 Å². The number of benzene rings is 4. The van der Waals surface area contributed by atoms with E-state index >= 15 is 0 Å². The van der Waals surface area contributed by atoms with Gasteiger partial charge in [0.15, 0.2) is 0 Å². The summed E-state index contributed by atoms with van der Waals surface area (Å²) in [6, 6.07) is 20.0. The van der Waals surface area contributed by atoms with Gasteiger partial charge in [0.1, 0.15) is 15.6 Å². The number of hydrogen-bond donors (Lipinski definition) is 1. The van der Waals surface area contributed by atoms with Crippen molar-refractivity contribution in [2.24, 2.45) is 0 Å². The van der Waals surface area contributed by atoms with Crippen molar-refractivity contribution in [1.29, 1.82) is 0 Å². The van der Waals surface area contributed by atoms with Crippen LogP contribution in [0.1, 0.15) is 15.9 Å². The first-order chi connectivity index (χ1) is 15.7. The Balaban J connectivity index is 1.58. The van der Waals surface area contributed by atoms with Crippen molar-refractivity contribution < 1.29 is 26.7 Å². The van der Waals surface area contributed by atoms with Crippen LogP contribution in [0.3, 0.4) is 0 Å². The Labute approximate surface area is 188 Å². The van der Waals surface area contributed by atoms with Gasteiger partial charge in [-0.3, -0.25) is 4.79 Å². The molecular weight excluding hydrogens is 460 g/mol. The molecule has 0 fully saturated rings. The summed E-state index contributed by atoms with van der Waals surface area (Å²) < 4.78 is 52.9. The molecule has 1 N–H and O–H groups in total. The van der Waals surface area contributed by atoms with Crippen LogP contribution in [0.5, 0.6) is 0 Å². The molecule has 4 aromatic carbocycles. The molecule has 0 saturated carbocycles. The minimum Gasteiger partial charge on any atom is -0.506 e. The molecule has 2 heterocycles. The predicted molar refractivity (Wildman–Crippen MR) is 124 cm³/mol. The van der Waals surface area contributed by atoms with E-state index in [2.05, 4.69) is 0 Å². The average molecular weight is 475 g/mol. The molecule has 0 radical (unpaired) electrons. The van der Waals surface area contributed by atoms with Gasteiger partial charge in [-0.05, 0) is 51.9 Å². The maximum atomic E-state index is 13.2. The molecule has 0 spiro atoms. The topological polar surface area (TPSA) is 106 Å². The van der Waals surface area contributed by atoms with Crippen molar-refractivity contribution in [2.75, 3.05) is 0 Å². The van der Waals surface area contributed by atoms with Crippen LogP contribution in [-0.2, 0) is 19.7 Å². The number of ketones is 1. The van der Waals surface area contributed by atoms with Crippen LogP contribution in [0.2, 0.25) is 0 Å². The van der Waals surface area contributed by atoms with Crippen molar-refractivity contribution in [3.63, 3.8) is 0 Å². The van der Waals surface area contributed by atoms with Crippen LogP contribution < -0.4 is 0 Å². The Bertz CT molecular complexity index is 1860. The summed E-state index contributed by atoms with van der Waals surface area (Å²) in [5, 5.41) is 13.5. The van der Waals surface area contributed by atoms with Crippen molar-refractivity contribution >= 4 is 52.8 Å². The number of aliphatic hydroxyl groups is 1. The monoisotopic (exact) mass is 474 g/mol. The third-order valence-electron chi connectivity index (χ3n) is 6.07. The normalized spacial score (nSPS) is 19.4. The van der Waals surface area contributed by atoms with E-state index in [1.54, 1.807) is 48.5 Å². The number of carbonyl (C=O) groups is 1. The molecule has 4 aromatic rings. The van der Waals surface area contributed by atoms with Gasteiger partial charge in [-0.25, -0.2) is 16.8 Å². The first-order valence-electron chi connectivity index (χ1n) is 9.95. The first-order valence-corrected chi connectivity index (χ1v) is 12.9. The standard InChI is InChI=1S/C25H14O6S2/c26-24-18-9-14-5-1-3-7-16(14)11-20(18)32(28,29)22(24)13-23-25(27)19-10-15-6-2-4-8-17(15)12-21(19)33(23,30)31/h1-13,26H. The molecule has 0 atom stereocenters. The fourth-order valence-electron chi connectivity index (χ4n) is 4.41. The lowest BCUT2D eigenvalue weighted by Crippen LogP contribution is -2.06. The third-order valence-corrected chi connectivity index (χ3v) is 9.68. The molecular formula is C25H14O6S2. The molecule has 0 unspecified atom stereocenters. The number of sulfone groups is 2. The highest BCUT2D eigenvalue weighted by atomic mass is 32.2. The van der Waals surface area contributed by atoms with Crippen LogP contribution in [0, 0.1) is 0 Å². The highest BCUT2D eigenvalue weighted by molar-refractivity contribution is 7.97. The van der Waals surface area contributed by atoms with E-state index in [4.69, 9.17) is 0 Å². The number of rotatable bonds is 1. The predicted octanol–water partition coefficient (Wildman–Crippen LogP) is 4.56. The second kappa shape index (κ2) is 6.40. The average Bonchev–Trinajstić information content (AvgIpc) is 3.10. The summed E-state index contributed by atoms with van der Waals surface area (Å²) in [6.07, 6.45) is 0.789. The van der Waals surface area contributed by atoms with Crippen LogP contribution >= 0.6 is 0 Å². The number of allylic oxidation sites excluding steroid dienone is 2. The second-order valence-electron chi connectivity index (χ2n) is 7.95. The van der Waals surface area contributed by atoms with Crippen molar-refractivity contribution in [2.45, 2.75) is 9.79 Å². The maximum Gasteiger partial charge on any atom is 0.211 e. The van der Waals surface area contributed by atoms with E-state index in [1.807, 2.05) is 0 Å². The maximum absolute atomic E-state index is 13.2. The van der Waals surface area contributed by atoms with Crippen LogP contribution in [0.25, 0.3) is 27.3 Å². The lowest BCUT2D eigenvalue weighted by Gasteiger charge is -2.03. The molecule has 0 aliphatic carbocycles. The summed E-state index contributed by atoms with van der Waals surface area (Å²) in [4.78, 5) is 11.5. The number of fused-ring (bicyclic) bond motifs is 4. The zero-order chi connectivity index (χ0) is 23.1. The van der Waals surface area contributed by atoms with Gasteiger partial charge in [-0.2, -0.15) is 0 Å². The smallest absolute Gasteiger partial charge is 0.211 e. The van der Waals surface area contributed by atoms with Crippen LogP contribution in [0.4, 0.5) is 0 Å². The van der Waals surface area contributed by atoms with E-state index in [1.165, 1.54) is 24.3 Å². The van der Waals surface area contributed by atoms with Gasteiger partial charge >= 0.3 is 0 Å². The summed E-state index contributed by atoms with van der Waals surface area (Å²) in [5.41, 5.74) is 0.0605. The molecule has 6 rings (SSSR count). The van der Waals surface area contributed by atoms with Gasteiger partial charge < -0.3 is 5.11 Å². The Morgan fingerprint density at radius 2 is 1.09 bits per heavy atom. The van der Waals surface area contributed by atoms with Gasteiger partial charge in [0.25, 0.3) is 0 Å². The highest BCUT2D eigenvalue weighted by Crippen LogP contribution is 2.43. The van der Waals surface area contributed by atoms with Crippen molar-refractivity contribution in [1.82, 2.24) is 0 Å². The molecule has 2 aliphatic rings. The number of aliphatic hydroxyl groups excluding tert-OH is 1. The zero-order valence-electron chi connectivity index (χ0n) is 16.8. The Kier molecular flexibility index (Phi) is 3.86. The van der Waals surface area contributed by atoms with Crippen molar-refractivity contribution in [3.05, 3.63) is 99.8 Å². The molecule has 162 valence electrons. The number of hydrogen-bond acceptors (Lipinski definition) is 6. The first kappa shape index (κ1) is 19.9. The molecule has 0 saturated heterocycles. The quantitative estimate of drug-likeness (QED) is 0.406. The lowest BCUT2D eigenvalue weighted by molar-refractivity contribution is 0.104.